The number of amides is 1. The first-order chi connectivity index (χ1) is 25.3. The molecule has 1 aliphatic carbocycles. The van der Waals surface area contributed by atoms with Gasteiger partial charge in [-0.15, -0.1) is 0 Å². The second kappa shape index (κ2) is 15.7. The first-order valence-electron chi connectivity index (χ1n) is 17.5. The fraction of sp³-hybridized carbons (Fsp3) is 0.459. The molecule has 6 rings (SSSR count). The Morgan fingerprint density at radius 3 is 2.38 bits per heavy atom. The predicted molar refractivity (Wildman–Crippen MR) is 192 cm³/mol. The number of aldehydes is 1. The van der Waals surface area contributed by atoms with E-state index < -0.39 is 55.1 Å². The number of ether oxygens (including phenoxy) is 4. The molecular formula is C37H44N2O12S2. The van der Waals surface area contributed by atoms with Gasteiger partial charge < -0.3 is 34.5 Å². The number of aliphatic hydroxyl groups is 2. The van der Waals surface area contributed by atoms with Gasteiger partial charge in [0.2, 0.25) is 10.0 Å². The van der Waals surface area contributed by atoms with Crippen LogP contribution in [0.25, 0.3) is 11.1 Å². The monoisotopic (exact) mass is 772 g/mol. The van der Waals surface area contributed by atoms with Crippen molar-refractivity contribution in [2.45, 2.75) is 71.4 Å². The molecule has 3 N–H and O–H groups in total. The summed E-state index contributed by atoms with van der Waals surface area (Å²) in [5.74, 6) is 0.471. The van der Waals surface area contributed by atoms with Crippen LogP contribution in [0, 0.1) is 0 Å². The number of aliphatic hydroxyl groups excluding tert-OH is 2. The van der Waals surface area contributed by atoms with Gasteiger partial charge in [-0.2, -0.15) is 4.31 Å². The van der Waals surface area contributed by atoms with Gasteiger partial charge in [0.25, 0.3) is 0 Å². The van der Waals surface area contributed by atoms with Gasteiger partial charge in [-0.05, 0) is 74.1 Å². The van der Waals surface area contributed by atoms with Crippen molar-refractivity contribution in [1.29, 1.82) is 0 Å². The van der Waals surface area contributed by atoms with Gasteiger partial charge in [-0.3, -0.25) is 4.79 Å². The number of nitrogens with zero attached hydrogens (tertiary/aromatic N) is 1. The Hall–Kier alpha value is -4.06. The van der Waals surface area contributed by atoms with E-state index in [0.717, 1.165) is 11.8 Å². The zero-order valence-electron chi connectivity index (χ0n) is 29.3. The molecule has 16 heteroatoms. The zero-order chi connectivity index (χ0) is 37.9. The summed E-state index contributed by atoms with van der Waals surface area (Å²) in [5.41, 5.74) is 1.28. The summed E-state index contributed by atoms with van der Waals surface area (Å²) >= 11 is 0. The summed E-state index contributed by atoms with van der Waals surface area (Å²) in [4.78, 5) is 23.7. The highest BCUT2D eigenvalue weighted by molar-refractivity contribution is 7.93. The summed E-state index contributed by atoms with van der Waals surface area (Å²) < 4.78 is 76.9. The van der Waals surface area contributed by atoms with Crippen molar-refractivity contribution in [1.82, 2.24) is 9.62 Å². The van der Waals surface area contributed by atoms with Crippen LogP contribution in [-0.4, -0.2) is 112 Å². The van der Waals surface area contributed by atoms with Crippen molar-refractivity contribution in [2.75, 3.05) is 46.1 Å². The molecule has 53 heavy (non-hydrogen) atoms. The molecule has 1 amide bonds. The SMILES string of the molecule is CCOc1ccc(-c2ccc(C=O)cc2)cc1S(=O)(=O)N1CCC2(CC1)C[C@@H](OC(=O)NCC(O)COc1cccc(S(=O)(=O)C3(CO)CC3)c1)CO2. The molecule has 2 heterocycles. The van der Waals surface area contributed by atoms with Crippen LogP contribution in [0.3, 0.4) is 0 Å². The zero-order valence-corrected chi connectivity index (χ0v) is 30.9. The van der Waals surface area contributed by atoms with Crippen molar-refractivity contribution in [2.24, 2.45) is 0 Å². The summed E-state index contributed by atoms with van der Waals surface area (Å²) in [7, 11) is -7.69. The number of sulfonamides is 1. The fourth-order valence-corrected chi connectivity index (χ4v) is 10.1. The number of rotatable bonds is 15. The van der Waals surface area contributed by atoms with E-state index in [4.69, 9.17) is 18.9 Å². The lowest BCUT2D eigenvalue weighted by atomic mass is 9.89. The molecule has 0 bridgehead atoms. The first-order valence-corrected chi connectivity index (χ1v) is 20.4. The lowest BCUT2D eigenvalue weighted by Gasteiger charge is -2.38. The summed E-state index contributed by atoms with van der Waals surface area (Å²) in [6.07, 6.45) is 0.240. The second-order valence-corrected chi connectivity index (χ2v) is 17.9. The highest BCUT2D eigenvalue weighted by atomic mass is 32.2. The molecule has 1 unspecified atom stereocenters. The van der Waals surface area contributed by atoms with Crippen LogP contribution in [0.4, 0.5) is 4.79 Å². The molecule has 286 valence electrons. The van der Waals surface area contributed by atoms with E-state index in [1.54, 1.807) is 55.5 Å². The molecule has 3 aromatic rings. The molecule has 0 radical (unpaired) electrons. The third-order valence-electron chi connectivity index (χ3n) is 10.0. The molecule has 14 nitrogen and oxygen atoms in total. The van der Waals surface area contributed by atoms with Crippen LogP contribution < -0.4 is 14.8 Å². The van der Waals surface area contributed by atoms with Crippen LogP contribution in [0.2, 0.25) is 0 Å². The summed E-state index contributed by atoms with van der Waals surface area (Å²) in [6, 6.07) is 17.7. The normalized spacial score (nSPS) is 20.0. The lowest BCUT2D eigenvalue weighted by Crippen LogP contribution is -2.46. The number of nitrogens with one attached hydrogen (secondary N) is 1. The number of hydrogen-bond acceptors (Lipinski definition) is 12. The van der Waals surface area contributed by atoms with Gasteiger partial charge in [-0.25, -0.2) is 21.6 Å². The van der Waals surface area contributed by atoms with Gasteiger partial charge in [0.1, 0.15) is 41.5 Å². The van der Waals surface area contributed by atoms with Gasteiger partial charge in [0, 0.05) is 25.1 Å². The quantitative estimate of drug-likeness (QED) is 0.191. The van der Waals surface area contributed by atoms with E-state index in [2.05, 4.69) is 5.32 Å². The second-order valence-electron chi connectivity index (χ2n) is 13.6. The highest BCUT2D eigenvalue weighted by Crippen LogP contribution is 2.46. The Morgan fingerprint density at radius 1 is 1.00 bits per heavy atom. The number of benzene rings is 3. The van der Waals surface area contributed by atoms with Crippen molar-refractivity contribution in [3.63, 3.8) is 0 Å². The van der Waals surface area contributed by atoms with Gasteiger partial charge in [0.15, 0.2) is 9.84 Å². The predicted octanol–water partition coefficient (Wildman–Crippen LogP) is 3.34. The highest BCUT2D eigenvalue weighted by Gasteiger charge is 2.54. The number of hydrogen-bond donors (Lipinski definition) is 3. The van der Waals surface area contributed by atoms with Crippen LogP contribution in [0.15, 0.2) is 76.5 Å². The number of alkyl carbamates (subject to hydrolysis) is 1. The molecule has 2 atom stereocenters. The van der Waals surface area contributed by atoms with E-state index >= 15 is 0 Å². The largest absolute Gasteiger partial charge is 0.492 e. The standard InChI is InChI=1S/C37H44N2O12S2/c1-2-48-33-11-10-28(27-8-6-26(22-40)7-9-27)18-34(33)53(46,47)39-16-14-36(15-17-39)20-31(24-50-36)51-35(43)38-21-29(42)23-49-30-4-3-5-32(19-30)52(44,45)37(25-41)12-13-37/h3-11,18-19,22,29,31,41-42H,2,12-17,20-21,23-25H2,1H3,(H,38,43)/t29?,31-/m1/s1. The topological polar surface area (TPSA) is 195 Å². The average Bonchev–Trinajstić information content (AvgIpc) is 3.90. The minimum atomic E-state index is -3.96. The number of carbonyl (C=O) groups excluding carboxylic acids is 2. The van der Waals surface area contributed by atoms with Crippen molar-refractivity contribution in [3.8, 4) is 22.6 Å². The molecule has 1 spiro atoms. The smallest absolute Gasteiger partial charge is 0.407 e. The first kappa shape index (κ1) is 38.7. The number of carbonyl (C=O) groups is 2. The molecule has 2 saturated heterocycles. The summed E-state index contributed by atoms with van der Waals surface area (Å²) in [6.45, 7) is 1.71. The molecule has 3 fully saturated rings. The van der Waals surface area contributed by atoms with Crippen molar-refractivity contribution < 1.29 is 55.6 Å². The maximum atomic E-state index is 14.0. The van der Waals surface area contributed by atoms with E-state index in [1.807, 2.05) is 0 Å². The van der Waals surface area contributed by atoms with E-state index in [9.17, 15) is 36.6 Å². The molecule has 1 saturated carbocycles. The van der Waals surface area contributed by atoms with Crippen LogP contribution in [-0.2, 0) is 29.3 Å². The third-order valence-corrected chi connectivity index (χ3v) is 14.5. The Balaban J connectivity index is 0.979. The Bertz CT molecular complexity index is 2010. The van der Waals surface area contributed by atoms with E-state index in [1.165, 1.54) is 22.5 Å². The number of sulfone groups is 1. The minimum absolute atomic E-state index is 0.0301. The Kier molecular flexibility index (Phi) is 11.5. The van der Waals surface area contributed by atoms with Gasteiger partial charge in [-0.1, -0.05) is 36.4 Å². The van der Waals surface area contributed by atoms with Crippen LogP contribution in [0.1, 0.15) is 49.4 Å². The van der Waals surface area contributed by atoms with Crippen molar-refractivity contribution >= 4 is 32.2 Å². The molecule has 3 aromatic carbocycles. The number of piperidine rings is 1. The average molecular weight is 773 g/mol. The van der Waals surface area contributed by atoms with Crippen molar-refractivity contribution in [3.05, 3.63) is 72.3 Å². The molecular weight excluding hydrogens is 729 g/mol. The fourth-order valence-electron chi connectivity index (χ4n) is 6.70. The van der Waals surface area contributed by atoms with Crippen LogP contribution in [0.5, 0.6) is 11.5 Å². The Labute approximate surface area is 309 Å². The third kappa shape index (κ3) is 8.37. The summed E-state index contributed by atoms with van der Waals surface area (Å²) in [5, 5.41) is 22.5. The van der Waals surface area contributed by atoms with E-state index in [-0.39, 0.29) is 60.7 Å². The minimum Gasteiger partial charge on any atom is -0.492 e. The van der Waals surface area contributed by atoms with Crippen LogP contribution >= 0.6 is 0 Å². The Morgan fingerprint density at radius 2 is 1.72 bits per heavy atom. The molecule has 2 aliphatic heterocycles. The van der Waals surface area contributed by atoms with Gasteiger partial charge >= 0.3 is 6.09 Å². The molecule has 3 aliphatic rings. The lowest BCUT2D eigenvalue weighted by molar-refractivity contribution is -0.0325. The molecule has 0 aromatic heterocycles. The maximum Gasteiger partial charge on any atom is 0.407 e. The van der Waals surface area contributed by atoms with E-state index in [0.29, 0.717) is 43.2 Å². The van der Waals surface area contributed by atoms with Gasteiger partial charge in [0.05, 0.1) is 41.6 Å². The maximum absolute atomic E-state index is 14.0.